The number of esters is 3. The number of carbonyl (C=O) groups is 3. The van der Waals surface area contributed by atoms with E-state index in [9.17, 15) is 14.4 Å². The van der Waals surface area contributed by atoms with E-state index in [0.29, 0.717) is 5.70 Å². The Morgan fingerprint density at radius 3 is 2.20 bits per heavy atom. The Morgan fingerprint density at radius 1 is 1.00 bits per heavy atom. The summed E-state index contributed by atoms with van der Waals surface area (Å²) in [6.07, 6.45) is 2.66. The zero-order valence-corrected chi connectivity index (χ0v) is 17.4. The minimum atomic E-state index is -1.89. The number of fused-ring (bicyclic) bond motifs is 1. The van der Waals surface area contributed by atoms with Crippen molar-refractivity contribution in [3.8, 4) is 0 Å². The van der Waals surface area contributed by atoms with Crippen LogP contribution in [0, 0.1) is 0 Å². The number of ether oxygens (including phenoxy) is 4. The molecule has 2 aliphatic heterocycles. The number of carbonyl (C=O) groups excluding carboxylic acids is 3. The molecule has 0 saturated carbocycles. The maximum Gasteiger partial charge on any atom is 0.355 e. The van der Waals surface area contributed by atoms with Crippen LogP contribution in [0.2, 0.25) is 0 Å². The summed E-state index contributed by atoms with van der Waals surface area (Å²) in [7, 11) is 3.53. The number of methoxy groups -OCH3 is 3. The van der Waals surface area contributed by atoms with Crippen molar-refractivity contribution in [2.75, 3.05) is 21.3 Å². The monoisotopic (exact) mass is 413 g/mol. The van der Waals surface area contributed by atoms with Gasteiger partial charge in [0.15, 0.2) is 11.8 Å². The Morgan fingerprint density at radius 2 is 1.63 bits per heavy atom. The highest BCUT2D eigenvalue weighted by atomic mass is 16.6. The van der Waals surface area contributed by atoms with E-state index in [0.717, 1.165) is 18.2 Å². The quantitative estimate of drug-likeness (QED) is 0.548. The van der Waals surface area contributed by atoms with Crippen LogP contribution in [0.3, 0.4) is 0 Å². The second-order valence-electron chi connectivity index (χ2n) is 6.87. The van der Waals surface area contributed by atoms with Gasteiger partial charge in [-0.25, -0.2) is 14.4 Å². The smallest absolute Gasteiger partial charge is 0.355 e. The fraction of sp³-hybridized carbons (Fsp3) is 0.318. The standard InChI is InChI=1S/C22H23NO7/c1-13-11-12-15-23(17(13)14-9-7-6-8-10-14)18(20(25)28-4)16(19(24)27-3)22(2,30-15)21(26)29-5/h6-12,15H,1-5H3. The van der Waals surface area contributed by atoms with Crippen LogP contribution in [0.25, 0.3) is 5.70 Å². The fourth-order valence-corrected chi connectivity index (χ4v) is 3.69. The number of allylic oxidation sites excluding steroid dienone is 2. The highest BCUT2D eigenvalue weighted by Gasteiger charge is 2.55. The molecule has 0 amide bonds. The zero-order chi connectivity index (χ0) is 22.1. The number of rotatable bonds is 4. The number of hydrogen-bond acceptors (Lipinski definition) is 8. The summed E-state index contributed by atoms with van der Waals surface area (Å²) < 4.78 is 20.8. The molecule has 0 spiro atoms. The van der Waals surface area contributed by atoms with Crippen LogP contribution in [0.15, 0.2) is 59.3 Å². The predicted octanol–water partition coefficient (Wildman–Crippen LogP) is 2.18. The molecule has 2 atom stereocenters. The van der Waals surface area contributed by atoms with Crippen molar-refractivity contribution in [1.82, 2.24) is 4.90 Å². The Kier molecular flexibility index (Phi) is 5.80. The van der Waals surface area contributed by atoms with E-state index in [-0.39, 0.29) is 11.3 Å². The van der Waals surface area contributed by atoms with Crippen LogP contribution in [0.5, 0.6) is 0 Å². The molecule has 30 heavy (non-hydrogen) atoms. The summed E-state index contributed by atoms with van der Waals surface area (Å²) in [5.74, 6) is -2.55. The molecule has 8 heteroatoms. The summed E-state index contributed by atoms with van der Waals surface area (Å²) in [6, 6.07) is 9.32. The van der Waals surface area contributed by atoms with E-state index in [1.54, 1.807) is 11.0 Å². The van der Waals surface area contributed by atoms with Gasteiger partial charge in [0.1, 0.15) is 11.3 Å². The van der Waals surface area contributed by atoms with Gasteiger partial charge < -0.3 is 23.8 Å². The fourth-order valence-electron chi connectivity index (χ4n) is 3.69. The lowest BCUT2D eigenvalue weighted by molar-refractivity contribution is -0.181. The minimum absolute atomic E-state index is 0.143. The Labute approximate surface area is 174 Å². The third-order valence-corrected chi connectivity index (χ3v) is 5.08. The molecule has 1 aromatic carbocycles. The molecular formula is C22H23NO7. The van der Waals surface area contributed by atoms with E-state index in [1.165, 1.54) is 21.1 Å². The van der Waals surface area contributed by atoms with Crippen molar-refractivity contribution >= 4 is 23.6 Å². The number of benzene rings is 1. The minimum Gasteiger partial charge on any atom is -0.467 e. The first-order valence-electron chi connectivity index (χ1n) is 9.21. The van der Waals surface area contributed by atoms with Crippen molar-refractivity contribution in [3.63, 3.8) is 0 Å². The molecule has 0 bridgehead atoms. The summed E-state index contributed by atoms with van der Waals surface area (Å²) in [4.78, 5) is 40.0. The molecule has 0 radical (unpaired) electrons. The molecule has 3 rings (SSSR count). The van der Waals surface area contributed by atoms with E-state index in [1.807, 2.05) is 43.3 Å². The number of nitrogens with zero attached hydrogens (tertiary/aromatic N) is 1. The second-order valence-corrected chi connectivity index (χ2v) is 6.87. The van der Waals surface area contributed by atoms with Crippen molar-refractivity contribution in [2.24, 2.45) is 0 Å². The van der Waals surface area contributed by atoms with Gasteiger partial charge in [0.2, 0.25) is 0 Å². The van der Waals surface area contributed by atoms with Crippen LogP contribution < -0.4 is 0 Å². The zero-order valence-electron chi connectivity index (χ0n) is 17.4. The molecule has 0 fully saturated rings. The highest BCUT2D eigenvalue weighted by molar-refractivity contribution is 6.08. The third kappa shape index (κ3) is 3.29. The lowest BCUT2D eigenvalue weighted by Crippen LogP contribution is -2.57. The molecule has 1 aromatic rings. The molecule has 2 aliphatic rings. The average Bonchev–Trinajstić information content (AvgIpc) is 2.77. The van der Waals surface area contributed by atoms with Gasteiger partial charge >= 0.3 is 17.9 Å². The van der Waals surface area contributed by atoms with Gasteiger partial charge in [-0.15, -0.1) is 0 Å². The third-order valence-electron chi connectivity index (χ3n) is 5.08. The van der Waals surface area contributed by atoms with E-state index < -0.39 is 29.7 Å². The van der Waals surface area contributed by atoms with Crippen molar-refractivity contribution < 1.29 is 33.3 Å². The molecular weight excluding hydrogens is 390 g/mol. The second kappa shape index (κ2) is 8.16. The Balaban J connectivity index is 2.37. The van der Waals surface area contributed by atoms with Crippen LogP contribution in [-0.2, 0) is 33.3 Å². The van der Waals surface area contributed by atoms with Crippen molar-refractivity contribution in [1.29, 1.82) is 0 Å². The summed E-state index contributed by atoms with van der Waals surface area (Å²) in [6.45, 7) is 3.24. The van der Waals surface area contributed by atoms with Gasteiger partial charge in [-0.05, 0) is 31.1 Å². The molecule has 2 heterocycles. The van der Waals surface area contributed by atoms with Crippen molar-refractivity contribution in [3.05, 3.63) is 64.9 Å². The predicted molar refractivity (Wildman–Crippen MR) is 106 cm³/mol. The Bertz CT molecular complexity index is 976. The first kappa shape index (κ1) is 21.3. The molecule has 8 nitrogen and oxygen atoms in total. The molecule has 0 aromatic heterocycles. The first-order valence-corrected chi connectivity index (χ1v) is 9.21. The summed E-state index contributed by atoms with van der Waals surface area (Å²) in [5, 5.41) is 0. The van der Waals surface area contributed by atoms with Crippen molar-refractivity contribution in [2.45, 2.75) is 25.7 Å². The van der Waals surface area contributed by atoms with Gasteiger partial charge in [0.25, 0.3) is 0 Å². The van der Waals surface area contributed by atoms with Gasteiger partial charge in [-0.2, -0.15) is 0 Å². The normalized spacial score (nSPS) is 23.1. The first-order chi connectivity index (χ1) is 14.3. The van der Waals surface area contributed by atoms with E-state index >= 15 is 0 Å². The maximum absolute atomic E-state index is 13.0. The van der Waals surface area contributed by atoms with Gasteiger partial charge in [0.05, 0.1) is 27.0 Å². The highest BCUT2D eigenvalue weighted by Crippen LogP contribution is 2.43. The molecule has 0 N–H and O–H groups in total. The Hall–Kier alpha value is -3.39. The lowest BCUT2D eigenvalue weighted by atomic mass is 9.88. The van der Waals surface area contributed by atoms with Gasteiger partial charge in [-0.3, -0.25) is 0 Å². The lowest BCUT2D eigenvalue weighted by Gasteiger charge is -2.46. The maximum atomic E-state index is 13.0. The SMILES string of the molecule is COC(=O)C1=C(C(=O)OC)C(C)(C(=O)OC)OC2C=CC(C)=C(c3ccccc3)N12. The van der Waals surface area contributed by atoms with Crippen LogP contribution in [0.1, 0.15) is 19.4 Å². The molecule has 158 valence electrons. The topological polar surface area (TPSA) is 91.4 Å². The molecule has 0 saturated heterocycles. The van der Waals surface area contributed by atoms with E-state index in [2.05, 4.69) is 0 Å². The van der Waals surface area contributed by atoms with Crippen LogP contribution >= 0.6 is 0 Å². The average molecular weight is 413 g/mol. The van der Waals surface area contributed by atoms with Crippen LogP contribution in [-0.4, -0.2) is 56.0 Å². The summed E-state index contributed by atoms with van der Waals surface area (Å²) in [5.41, 5.74) is -0.0675. The van der Waals surface area contributed by atoms with Gasteiger partial charge in [0, 0.05) is 0 Å². The number of hydrogen-bond donors (Lipinski definition) is 0. The summed E-state index contributed by atoms with van der Waals surface area (Å²) >= 11 is 0. The van der Waals surface area contributed by atoms with Crippen LogP contribution in [0.4, 0.5) is 0 Å². The van der Waals surface area contributed by atoms with E-state index in [4.69, 9.17) is 18.9 Å². The molecule has 0 aliphatic carbocycles. The largest absolute Gasteiger partial charge is 0.467 e. The molecule has 2 unspecified atom stereocenters. The van der Waals surface area contributed by atoms with Gasteiger partial charge in [-0.1, -0.05) is 36.4 Å².